The molecule has 0 saturated heterocycles. The summed E-state index contributed by atoms with van der Waals surface area (Å²) in [5, 5.41) is 0. The van der Waals surface area contributed by atoms with Crippen molar-refractivity contribution in [1.82, 2.24) is 4.98 Å². The highest BCUT2D eigenvalue weighted by Gasteiger charge is 2.33. The van der Waals surface area contributed by atoms with Gasteiger partial charge in [0.15, 0.2) is 6.29 Å². The van der Waals surface area contributed by atoms with Crippen molar-refractivity contribution in [3.05, 3.63) is 58.0 Å². The Labute approximate surface area is 105 Å². The Morgan fingerprint density at radius 2 is 1.68 bits per heavy atom. The number of carbonyl (C=O) groups is 1. The predicted molar refractivity (Wildman–Crippen MR) is 62.9 cm³/mol. The monoisotopic (exact) mass is 267 g/mol. The molecule has 0 aliphatic rings. The summed E-state index contributed by atoms with van der Waals surface area (Å²) in [7, 11) is 0. The van der Waals surface area contributed by atoms with Crippen molar-refractivity contribution in [2.75, 3.05) is 0 Å². The van der Waals surface area contributed by atoms with Crippen molar-refractivity contribution in [2.45, 2.75) is 6.18 Å². The first-order chi connectivity index (χ1) is 8.93. The van der Waals surface area contributed by atoms with E-state index in [1.54, 1.807) is 0 Å². The zero-order valence-electron chi connectivity index (χ0n) is 9.49. The second-order valence-corrected chi connectivity index (χ2v) is 3.82. The van der Waals surface area contributed by atoms with Gasteiger partial charge in [-0.05, 0) is 23.8 Å². The molecule has 0 aliphatic heterocycles. The summed E-state index contributed by atoms with van der Waals surface area (Å²) >= 11 is 0. The van der Waals surface area contributed by atoms with Gasteiger partial charge in [0.25, 0.3) is 5.56 Å². The Bertz CT molecular complexity index is 674. The van der Waals surface area contributed by atoms with Gasteiger partial charge in [-0.25, -0.2) is 0 Å². The maximum atomic E-state index is 12.8. The highest BCUT2D eigenvalue weighted by atomic mass is 19.4. The first-order valence-electron chi connectivity index (χ1n) is 5.28. The number of aromatic nitrogens is 1. The molecule has 0 atom stereocenters. The molecule has 2 rings (SSSR count). The predicted octanol–water partition coefficient (Wildman–Crippen LogP) is 2.87. The van der Waals surface area contributed by atoms with Crippen LogP contribution < -0.4 is 5.56 Å². The SMILES string of the molecule is O=Cc1ccc(-c2ccccc2C(F)(F)F)c(=O)[nH]1. The molecule has 6 heteroatoms. The van der Waals surface area contributed by atoms with Crippen LogP contribution in [0.3, 0.4) is 0 Å². The van der Waals surface area contributed by atoms with Gasteiger partial charge in [-0.3, -0.25) is 9.59 Å². The largest absolute Gasteiger partial charge is 0.417 e. The van der Waals surface area contributed by atoms with Crippen LogP contribution in [0.2, 0.25) is 0 Å². The van der Waals surface area contributed by atoms with Gasteiger partial charge in [0.05, 0.1) is 11.3 Å². The van der Waals surface area contributed by atoms with E-state index in [-0.39, 0.29) is 16.8 Å². The van der Waals surface area contributed by atoms with E-state index in [2.05, 4.69) is 4.98 Å². The van der Waals surface area contributed by atoms with Crippen LogP contribution in [-0.2, 0) is 6.18 Å². The van der Waals surface area contributed by atoms with Gasteiger partial charge in [-0.1, -0.05) is 18.2 Å². The number of aromatic amines is 1. The molecule has 1 aromatic carbocycles. The number of rotatable bonds is 2. The molecule has 0 bridgehead atoms. The maximum Gasteiger partial charge on any atom is 0.417 e. The molecular weight excluding hydrogens is 259 g/mol. The zero-order chi connectivity index (χ0) is 14.0. The third kappa shape index (κ3) is 2.57. The lowest BCUT2D eigenvalue weighted by Gasteiger charge is -2.12. The topological polar surface area (TPSA) is 49.9 Å². The molecule has 1 N–H and O–H groups in total. The fourth-order valence-corrected chi connectivity index (χ4v) is 1.73. The van der Waals surface area contributed by atoms with Crippen molar-refractivity contribution in [2.24, 2.45) is 0 Å². The number of halogens is 3. The first kappa shape index (κ1) is 13.1. The number of aldehydes is 1. The van der Waals surface area contributed by atoms with E-state index in [1.807, 2.05) is 0 Å². The van der Waals surface area contributed by atoms with E-state index in [0.717, 1.165) is 6.07 Å². The standard InChI is InChI=1S/C13H8F3NO2/c14-13(15,16)11-4-2-1-3-9(11)10-6-5-8(7-18)17-12(10)19/h1-7H,(H,17,19). The number of nitrogens with one attached hydrogen (secondary N) is 1. The van der Waals surface area contributed by atoms with Gasteiger partial charge in [0.2, 0.25) is 0 Å². The Morgan fingerprint density at radius 3 is 2.26 bits per heavy atom. The summed E-state index contributed by atoms with van der Waals surface area (Å²) in [5.74, 6) is 0. The lowest BCUT2D eigenvalue weighted by molar-refractivity contribution is -0.137. The average molecular weight is 267 g/mol. The van der Waals surface area contributed by atoms with E-state index < -0.39 is 17.3 Å². The highest BCUT2D eigenvalue weighted by molar-refractivity contribution is 5.74. The van der Waals surface area contributed by atoms with Gasteiger partial charge in [-0.15, -0.1) is 0 Å². The Morgan fingerprint density at radius 1 is 1.00 bits per heavy atom. The summed E-state index contributed by atoms with van der Waals surface area (Å²) in [5.41, 5.74) is -1.95. The lowest BCUT2D eigenvalue weighted by atomic mass is 10.0. The Balaban J connectivity index is 2.66. The van der Waals surface area contributed by atoms with Crippen LogP contribution in [-0.4, -0.2) is 11.3 Å². The van der Waals surface area contributed by atoms with Gasteiger partial charge in [0, 0.05) is 5.56 Å². The molecule has 1 heterocycles. The van der Waals surface area contributed by atoms with Crippen molar-refractivity contribution in [3.8, 4) is 11.1 Å². The quantitative estimate of drug-likeness (QED) is 0.850. The Hall–Kier alpha value is -2.37. The molecule has 0 saturated carbocycles. The first-order valence-corrected chi connectivity index (χ1v) is 5.28. The molecule has 0 radical (unpaired) electrons. The lowest BCUT2D eigenvalue weighted by Crippen LogP contribution is -2.14. The maximum absolute atomic E-state index is 12.8. The smallest absolute Gasteiger partial charge is 0.319 e. The third-order valence-corrected chi connectivity index (χ3v) is 2.58. The second kappa shape index (κ2) is 4.72. The molecule has 0 aliphatic carbocycles. The van der Waals surface area contributed by atoms with Gasteiger partial charge in [0.1, 0.15) is 0 Å². The molecule has 98 valence electrons. The van der Waals surface area contributed by atoms with Crippen molar-refractivity contribution < 1.29 is 18.0 Å². The average Bonchev–Trinajstić information content (AvgIpc) is 2.37. The number of H-pyrrole nitrogens is 1. The number of hydrogen-bond acceptors (Lipinski definition) is 2. The number of pyridine rings is 1. The molecule has 0 spiro atoms. The number of benzene rings is 1. The normalized spacial score (nSPS) is 11.3. The van der Waals surface area contributed by atoms with Crippen LogP contribution in [0.1, 0.15) is 16.1 Å². The van der Waals surface area contributed by atoms with Crippen LogP contribution in [0, 0.1) is 0 Å². The van der Waals surface area contributed by atoms with Crippen LogP contribution in [0.4, 0.5) is 13.2 Å². The minimum absolute atomic E-state index is 0.0123. The van der Waals surface area contributed by atoms with E-state index in [1.165, 1.54) is 30.3 Å². The van der Waals surface area contributed by atoms with Crippen LogP contribution >= 0.6 is 0 Å². The van der Waals surface area contributed by atoms with Crippen LogP contribution in [0.15, 0.2) is 41.2 Å². The minimum atomic E-state index is -4.55. The minimum Gasteiger partial charge on any atom is -0.319 e. The number of carbonyl (C=O) groups excluding carboxylic acids is 1. The highest BCUT2D eigenvalue weighted by Crippen LogP contribution is 2.35. The fraction of sp³-hybridized carbons (Fsp3) is 0.0769. The molecule has 0 amide bonds. The van der Waals surface area contributed by atoms with Crippen molar-refractivity contribution in [1.29, 1.82) is 0 Å². The molecule has 1 aromatic heterocycles. The van der Waals surface area contributed by atoms with E-state index >= 15 is 0 Å². The number of alkyl halides is 3. The fourth-order valence-electron chi connectivity index (χ4n) is 1.73. The molecule has 19 heavy (non-hydrogen) atoms. The summed E-state index contributed by atoms with van der Waals surface area (Å²) in [6.07, 6.45) is -4.13. The summed E-state index contributed by atoms with van der Waals surface area (Å²) < 4.78 is 38.5. The summed E-state index contributed by atoms with van der Waals surface area (Å²) in [6, 6.07) is 7.25. The molecule has 2 aromatic rings. The van der Waals surface area contributed by atoms with Gasteiger partial charge < -0.3 is 4.98 Å². The zero-order valence-corrected chi connectivity index (χ0v) is 9.49. The third-order valence-electron chi connectivity index (χ3n) is 2.58. The molecule has 0 unspecified atom stereocenters. The van der Waals surface area contributed by atoms with Crippen LogP contribution in [0.5, 0.6) is 0 Å². The molecule has 0 fully saturated rings. The van der Waals surface area contributed by atoms with E-state index in [9.17, 15) is 22.8 Å². The van der Waals surface area contributed by atoms with E-state index in [4.69, 9.17) is 0 Å². The van der Waals surface area contributed by atoms with Crippen LogP contribution in [0.25, 0.3) is 11.1 Å². The van der Waals surface area contributed by atoms with Gasteiger partial charge in [-0.2, -0.15) is 13.2 Å². The summed E-state index contributed by atoms with van der Waals surface area (Å²) in [4.78, 5) is 24.4. The number of hydrogen-bond donors (Lipinski definition) is 1. The summed E-state index contributed by atoms with van der Waals surface area (Å²) in [6.45, 7) is 0. The molecule has 3 nitrogen and oxygen atoms in total. The molecular formula is C13H8F3NO2. The van der Waals surface area contributed by atoms with Gasteiger partial charge >= 0.3 is 6.18 Å². The van der Waals surface area contributed by atoms with E-state index in [0.29, 0.717) is 6.29 Å². The second-order valence-electron chi connectivity index (χ2n) is 3.82. The van der Waals surface area contributed by atoms with Crippen molar-refractivity contribution >= 4 is 6.29 Å². The van der Waals surface area contributed by atoms with Crippen molar-refractivity contribution in [3.63, 3.8) is 0 Å². The Kier molecular flexibility index (Phi) is 3.25.